The van der Waals surface area contributed by atoms with Gasteiger partial charge in [-0.25, -0.2) is 0 Å². The monoisotopic (exact) mass is 392 g/mol. The van der Waals surface area contributed by atoms with Gasteiger partial charge in [-0.15, -0.1) is 0 Å². The van der Waals surface area contributed by atoms with Crippen molar-refractivity contribution in [1.82, 2.24) is 0 Å². The van der Waals surface area contributed by atoms with Gasteiger partial charge in [0.15, 0.2) is 11.5 Å². The summed E-state index contributed by atoms with van der Waals surface area (Å²) in [6, 6.07) is 11.0. The predicted molar refractivity (Wildman–Crippen MR) is 106 cm³/mol. The van der Waals surface area contributed by atoms with E-state index in [1.54, 1.807) is 24.3 Å². The Kier molecular flexibility index (Phi) is 8.13. The van der Waals surface area contributed by atoms with E-state index in [4.69, 9.17) is 4.74 Å². The summed E-state index contributed by atoms with van der Waals surface area (Å²) in [5.41, 5.74) is 0.527. The summed E-state index contributed by atoms with van der Waals surface area (Å²) in [6.45, 7) is 2.18. The van der Waals surface area contributed by atoms with Gasteiger partial charge >= 0.3 is 0 Å². The summed E-state index contributed by atoms with van der Waals surface area (Å²) in [6.07, 6.45) is 8.40. The van der Waals surface area contributed by atoms with Crippen LogP contribution in [0.3, 0.4) is 0 Å². The molecule has 0 radical (unpaired) electrons. The fourth-order valence-electron chi connectivity index (χ4n) is 3.01. The number of aromatic hydroxyl groups is 1. The molecule has 2 aromatic rings. The van der Waals surface area contributed by atoms with Crippen LogP contribution >= 0.6 is 0 Å². The van der Waals surface area contributed by atoms with E-state index in [2.05, 4.69) is 6.92 Å². The maximum atomic E-state index is 11.7. The van der Waals surface area contributed by atoms with Crippen LogP contribution in [0.1, 0.15) is 57.4 Å². The number of aryl methyl sites for hydroxylation is 1. The molecule has 0 atom stereocenters. The third-order valence-electron chi connectivity index (χ3n) is 4.45. The van der Waals surface area contributed by atoms with Crippen molar-refractivity contribution in [3.63, 3.8) is 0 Å². The van der Waals surface area contributed by atoms with Crippen LogP contribution in [0.4, 0.5) is 0 Å². The summed E-state index contributed by atoms with van der Waals surface area (Å²) >= 11 is 0. The molecule has 0 spiro atoms. The molecular weight excluding hydrogens is 364 g/mol. The summed E-state index contributed by atoms with van der Waals surface area (Å²) < 4.78 is 38.5. The highest BCUT2D eigenvalue weighted by Crippen LogP contribution is 2.32. The van der Waals surface area contributed by atoms with E-state index < -0.39 is 10.1 Å². The van der Waals surface area contributed by atoms with Crippen molar-refractivity contribution in [3.8, 4) is 17.2 Å². The minimum absolute atomic E-state index is 0.00462. The van der Waals surface area contributed by atoms with E-state index in [-0.39, 0.29) is 10.6 Å². The number of para-hydroxylation sites is 2. The molecule has 0 amide bonds. The lowest BCUT2D eigenvalue weighted by Crippen LogP contribution is -2.04. The predicted octanol–water partition coefficient (Wildman–Crippen LogP) is 5.72. The molecule has 0 saturated heterocycles. The summed E-state index contributed by atoms with van der Waals surface area (Å²) in [5.74, 6) is 0.714. The molecule has 0 aliphatic carbocycles. The SMILES string of the molecule is CCCCCCCCCc1cc(Oc2ccccc2O)ccc1S(=O)(=O)O. The number of rotatable bonds is 11. The third-order valence-corrected chi connectivity index (χ3v) is 5.41. The number of phenolic OH excluding ortho intramolecular Hbond substituents is 1. The molecule has 6 heteroatoms. The lowest BCUT2D eigenvalue weighted by Gasteiger charge is -2.12. The lowest BCUT2D eigenvalue weighted by atomic mass is 10.0. The molecule has 148 valence electrons. The van der Waals surface area contributed by atoms with E-state index in [0.717, 1.165) is 19.3 Å². The summed E-state index contributed by atoms with van der Waals surface area (Å²) in [5, 5.41) is 9.83. The maximum absolute atomic E-state index is 11.7. The number of unbranched alkanes of at least 4 members (excludes halogenated alkanes) is 6. The van der Waals surface area contributed by atoms with Gasteiger partial charge in [-0.05, 0) is 48.7 Å². The zero-order valence-corrected chi connectivity index (χ0v) is 16.5. The Morgan fingerprint density at radius 1 is 0.926 bits per heavy atom. The second kappa shape index (κ2) is 10.3. The molecule has 2 aromatic carbocycles. The molecule has 27 heavy (non-hydrogen) atoms. The van der Waals surface area contributed by atoms with Crippen molar-refractivity contribution in [2.24, 2.45) is 0 Å². The molecule has 5 nitrogen and oxygen atoms in total. The second-order valence-electron chi connectivity index (χ2n) is 6.69. The average Bonchev–Trinajstić information content (AvgIpc) is 2.62. The van der Waals surface area contributed by atoms with Crippen LogP contribution in [0.15, 0.2) is 47.4 Å². The first kappa shape index (κ1) is 21.3. The highest BCUT2D eigenvalue weighted by Gasteiger charge is 2.16. The normalized spacial score (nSPS) is 11.5. The molecule has 0 heterocycles. The van der Waals surface area contributed by atoms with Gasteiger partial charge in [-0.2, -0.15) is 8.42 Å². The minimum atomic E-state index is -4.29. The Labute approximate surface area is 161 Å². The molecule has 2 rings (SSSR count). The van der Waals surface area contributed by atoms with Crippen LogP contribution in [0.25, 0.3) is 0 Å². The molecule has 0 aliphatic rings. The number of phenols is 1. The highest BCUT2D eigenvalue weighted by atomic mass is 32.2. The van der Waals surface area contributed by atoms with Crippen molar-refractivity contribution in [3.05, 3.63) is 48.0 Å². The van der Waals surface area contributed by atoms with Crippen molar-refractivity contribution in [2.75, 3.05) is 0 Å². The largest absolute Gasteiger partial charge is 0.504 e. The van der Waals surface area contributed by atoms with Crippen molar-refractivity contribution >= 4 is 10.1 Å². The minimum Gasteiger partial charge on any atom is -0.504 e. The standard InChI is InChI=1S/C21H28O5S/c1-2-3-4-5-6-7-8-11-17-16-18(14-15-21(17)27(23,24)25)26-20-13-10-9-12-19(20)22/h9-10,12-16,22H,2-8,11H2,1H3,(H,23,24,25). The zero-order valence-electron chi connectivity index (χ0n) is 15.7. The Hall–Kier alpha value is -2.05. The van der Waals surface area contributed by atoms with E-state index in [0.29, 0.717) is 23.5 Å². The smallest absolute Gasteiger partial charge is 0.294 e. The Morgan fingerprint density at radius 2 is 1.59 bits per heavy atom. The van der Waals surface area contributed by atoms with Crippen molar-refractivity contribution < 1.29 is 22.8 Å². The van der Waals surface area contributed by atoms with Gasteiger partial charge in [0.2, 0.25) is 0 Å². The third kappa shape index (κ3) is 6.88. The van der Waals surface area contributed by atoms with Gasteiger partial charge in [0.1, 0.15) is 5.75 Å². The van der Waals surface area contributed by atoms with Crippen LogP contribution in [0.5, 0.6) is 17.2 Å². The van der Waals surface area contributed by atoms with Crippen LogP contribution in [0.2, 0.25) is 0 Å². The Morgan fingerprint density at radius 3 is 2.26 bits per heavy atom. The van der Waals surface area contributed by atoms with E-state index in [1.165, 1.54) is 43.9 Å². The van der Waals surface area contributed by atoms with Crippen LogP contribution in [-0.2, 0) is 16.5 Å². The maximum Gasteiger partial charge on any atom is 0.294 e. The number of ether oxygens (including phenoxy) is 1. The molecule has 0 bridgehead atoms. The summed E-state index contributed by atoms with van der Waals surface area (Å²) in [7, 11) is -4.29. The molecule has 0 saturated carbocycles. The second-order valence-corrected chi connectivity index (χ2v) is 8.08. The fourth-order valence-corrected chi connectivity index (χ4v) is 3.74. The van der Waals surface area contributed by atoms with Gasteiger partial charge < -0.3 is 9.84 Å². The van der Waals surface area contributed by atoms with Crippen LogP contribution in [-0.4, -0.2) is 18.1 Å². The molecule has 0 aromatic heterocycles. The first-order valence-corrected chi connectivity index (χ1v) is 10.9. The van der Waals surface area contributed by atoms with Crippen molar-refractivity contribution in [2.45, 2.75) is 63.2 Å². The van der Waals surface area contributed by atoms with Gasteiger partial charge in [0, 0.05) is 0 Å². The first-order chi connectivity index (χ1) is 12.9. The van der Waals surface area contributed by atoms with Gasteiger partial charge in [-0.3, -0.25) is 4.55 Å². The van der Waals surface area contributed by atoms with Crippen molar-refractivity contribution in [1.29, 1.82) is 0 Å². The molecule has 2 N–H and O–H groups in total. The number of hydrogen-bond donors (Lipinski definition) is 2. The van der Waals surface area contributed by atoms with E-state index in [1.807, 2.05) is 0 Å². The summed E-state index contributed by atoms with van der Waals surface area (Å²) in [4.78, 5) is -0.0851. The van der Waals surface area contributed by atoms with Crippen LogP contribution < -0.4 is 4.74 Å². The fraction of sp³-hybridized carbons (Fsp3) is 0.429. The lowest BCUT2D eigenvalue weighted by molar-refractivity contribution is 0.410. The van der Waals surface area contributed by atoms with Gasteiger partial charge in [0.05, 0.1) is 4.90 Å². The van der Waals surface area contributed by atoms with Gasteiger partial charge in [0.25, 0.3) is 10.1 Å². The Balaban J connectivity index is 2.07. The molecule has 0 aliphatic heterocycles. The number of benzene rings is 2. The highest BCUT2D eigenvalue weighted by molar-refractivity contribution is 7.85. The van der Waals surface area contributed by atoms with E-state index >= 15 is 0 Å². The topological polar surface area (TPSA) is 83.8 Å². The molecular formula is C21H28O5S. The number of hydrogen-bond acceptors (Lipinski definition) is 4. The zero-order chi connectivity index (χ0) is 19.7. The quantitative estimate of drug-likeness (QED) is 0.377. The molecule has 0 fully saturated rings. The molecule has 0 unspecified atom stereocenters. The first-order valence-electron chi connectivity index (χ1n) is 9.48. The van der Waals surface area contributed by atoms with Gasteiger partial charge in [-0.1, -0.05) is 57.6 Å². The van der Waals surface area contributed by atoms with Crippen LogP contribution in [0, 0.1) is 0 Å². The Bertz CT molecular complexity index is 830. The van der Waals surface area contributed by atoms with E-state index in [9.17, 15) is 18.1 Å². The average molecular weight is 393 g/mol.